The summed E-state index contributed by atoms with van der Waals surface area (Å²) in [6, 6.07) is 0. The summed E-state index contributed by atoms with van der Waals surface area (Å²) in [5, 5.41) is 0. The molecule has 0 aromatic carbocycles. The average molecular weight is 291 g/mol. The van der Waals surface area contributed by atoms with E-state index in [0.717, 1.165) is 12.8 Å². The van der Waals surface area contributed by atoms with Gasteiger partial charge in [-0.05, 0) is 12.8 Å². The third-order valence-corrected chi connectivity index (χ3v) is 1.54. The molecule has 0 bridgehead atoms. The minimum absolute atomic E-state index is 0.486. The zero-order valence-corrected chi connectivity index (χ0v) is 15.9. The summed E-state index contributed by atoms with van der Waals surface area (Å²) in [6.45, 7) is 19.9. The molecular formula is C17H42N2O. The number of ether oxygens (including phenoxy) is 1. The lowest BCUT2D eigenvalue weighted by molar-refractivity contribution is 0.0964. The summed E-state index contributed by atoms with van der Waals surface area (Å²) in [4.78, 5) is 3.59. The first kappa shape index (κ1) is 31.5. The van der Waals surface area contributed by atoms with E-state index in [0.29, 0.717) is 11.8 Å². The number of nitrogens with zero attached hydrogens (tertiary/aromatic N) is 1. The number of aliphatic imine (C=N–C) groups is 1. The second-order valence-corrected chi connectivity index (χ2v) is 3.34. The monoisotopic (exact) mass is 290 g/mol. The molecular weight excluding hydrogens is 248 g/mol. The molecule has 0 radical (unpaired) electrons. The molecule has 0 aromatic heterocycles. The Hall–Kier alpha value is -0.830. The number of nitrogens with two attached hydrogens (primary N) is 1. The highest BCUT2D eigenvalue weighted by Crippen LogP contribution is 1.98. The Morgan fingerprint density at radius 2 is 1.40 bits per heavy atom. The van der Waals surface area contributed by atoms with Crippen molar-refractivity contribution in [2.24, 2.45) is 10.7 Å². The van der Waals surface area contributed by atoms with Gasteiger partial charge in [-0.3, -0.25) is 4.99 Å². The van der Waals surface area contributed by atoms with Crippen LogP contribution in [0.25, 0.3) is 0 Å². The van der Waals surface area contributed by atoms with Crippen molar-refractivity contribution < 1.29 is 4.74 Å². The molecule has 0 saturated carbocycles. The molecule has 0 spiro atoms. The third-order valence-electron chi connectivity index (χ3n) is 1.54. The van der Waals surface area contributed by atoms with Crippen LogP contribution in [-0.4, -0.2) is 26.5 Å². The Labute approximate surface area is 129 Å². The van der Waals surface area contributed by atoms with Crippen molar-refractivity contribution in [1.29, 1.82) is 0 Å². The summed E-state index contributed by atoms with van der Waals surface area (Å²) in [7, 11) is 3.41. The lowest BCUT2D eigenvalue weighted by Crippen LogP contribution is -2.05. The maximum absolute atomic E-state index is 5.06. The van der Waals surface area contributed by atoms with E-state index >= 15 is 0 Å². The minimum atomic E-state index is 0.486. The molecule has 0 heterocycles. The number of allylic oxidation sites excluding steroid dienone is 1. The molecule has 0 saturated heterocycles. The summed E-state index contributed by atoms with van der Waals surface area (Å²) in [5.74, 6) is 0. The molecule has 20 heavy (non-hydrogen) atoms. The van der Waals surface area contributed by atoms with Crippen LogP contribution in [0.15, 0.2) is 17.3 Å². The summed E-state index contributed by atoms with van der Waals surface area (Å²) in [5.41, 5.74) is 5.56. The highest BCUT2D eigenvalue weighted by Gasteiger charge is 1.96. The highest BCUT2D eigenvalue weighted by molar-refractivity contribution is 5.75. The van der Waals surface area contributed by atoms with Gasteiger partial charge in [-0.1, -0.05) is 68.4 Å². The van der Waals surface area contributed by atoms with Crippen LogP contribution in [-0.2, 0) is 4.74 Å². The molecule has 0 atom stereocenters. The fraction of sp³-hybridized carbons (Fsp3) is 0.824. The Kier molecular flexibility index (Phi) is 67.7. The maximum Gasteiger partial charge on any atom is 0.0566 e. The van der Waals surface area contributed by atoms with Gasteiger partial charge in [0, 0.05) is 26.1 Å². The Morgan fingerprint density at radius 1 is 1.10 bits per heavy atom. The molecule has 0 amide bonds. The number of hydrogen-bond donors (Lipinski definition) is 1. The van der Waals surface area contributed by atoms with Crippen molar-refractivity contribution in [3.63, 3.8) is 0 Å². The van der Waals surface area contributed by atoms with Crippen molar-refractivity contribution in [1.82, 2.24) is 0 Å². The maximum atomic E-state index is 5.06. The average Bonchev–Trinajstić information content (AvgIpc) is 2.46. The van der Waals surface area contributed by atoms with Crippen LogP contribution in [0.3, 0.4) is 0 Å². The van der Waals surface area contributed by atoms with Gasteiger partial charge in [0.25, 0.3) is 0 Å². The molecule has 0 aromatic rings. The molecule has 0 aliphatic heterocycles. The van der Waals surface area contributed by atoms with E-state index in [-0.39, 0.29) is 0 Å². The van der Waals surface area contributed by atoms with Crippen LogP contribution < -0.4 is 5.73 Å². The number of hydrogen-bond acceptors (Lipinski definition) is 3. The standard InChI is InChI=1S/C6H14O.C4H8N2.C3H8.2C2H6/c1-4-6(5-2)7-3;1-4(5)3-6-2;1-3-2;2*1-2/h6H,4-5H2,1-3H3;3H,1,5H2,2H3;3H2,1-2H3;2*1-2H3. The second kappa shape index (κ2) is 42.9. The van der Waals surface area contributed by atoms with Crippen molar-refractivity contribution in [3.05, 3.63) is 12.3 Å². The van der Waals surface area contributed by atoms with Gasteiger partial charge in [-0.25, -0.2) is 0 Å². The first-order chi connectivity index (χ1) is 9.53. The topological polar surface area (TPSA) is 47.6 Å². The molecule has 0 aliphatic carbocycles. The Balaban J connectivity index is -0.0000000524. The van der Waals surface area contributed by atoms with Crippen LogP contribution in [0.2, 0.25) is 0 Å². The lowest BCUT2D eigenvalue weighted by atomic mass is 10.2. The van der Waals surface area contributed by atoms with E-state index in [1.165, 1.54) is 12.6 Å². The van der Waals surface area contributed by atoms with Crippen molar-refractivity contribution >= 4 is 6.21 Å². The van der Waals surface area contributed by atoms with E-state index in [1.807, 2.05) is 27.7 Å². The van der Waals surface area contributed by atoms with E-state index in [2.05, 4.69) is 39.3 Å². The van der Waals surface area contributed by atoms with Crippen molar-refractivity contribution in [2.45, 2.75) is 80.8 Å². The summed E-state index contributed by atoms with van der Waals surface area (Å²) < 4.78 is 5.05. The Morgan fingerprint density at radius 3 is 1.40 bits per heavy atom. The van der Waals surface area contributed by atoms with E-state index in [9.17, 15) is 0 Å². The molecule has 2 N–H and O–H groups in total. The van der Waals surface area contributed by atoms with Gasteiger partial charge >= 0.3 is 0 Å². The predicted molar refractivity (Wildman–Crippen MR) is 97.8 cm³/mol. The molecule has 3 nitrogen and oxygen atoms in total. The second-order valence-electron chi connectivity index (χ2n) is 3.34. The van der Waals surface area contributed by atoms with Crippen LogP contribution in [0.1, 0.15) is 74.7 Å². The number of rotatable bonds is 4. The zero-order chi connectivity index (χ0) is 17.4. The first-order valence-electron chi connectivity index (χ1n) is 7.93. The predicted octanol–water partition coefficient (Wildman–Crippen LogP) is 5.45. The zero-order valence-electron chi connectivity index (χ0n) is 15.9. The first-order valence-corrected chi connectivity index (χ1v) is 7.93. The largest absolute Gasteiger partial charge is 0.398 e. The Bertz CT molecular complexity index is 148. The van der Waals surface area contributed by atoms with Gasteiger partial charge < -0.3 is 10.5 Å². The quantitative estimate of drug-likeness (QED) is 0.700. The summed E-state index contributed by atoms with van der Waals surface area (Å²) in [6.07, 6.45) is 5.50. The highest BCUT2D eigenvalue weighted by atomic mass is 16.5. The fourth-order valence-corrected chi connectivity index (χ4v) is 0.788. The molecule has 0 aliphatic rings. The van der Waals surface area contributed by atoms with Crippen molar-refractivity contribution in [2.75, 3.05) is 14.2 Å². The van der Waals surface area contributed by atoms with Crippen LogP contribution in [0.5, 0.6) is 0 Å². The van der Waals surface area contributed by atoms with Crippen LogP contribution in [0, 0.1) is 0 Å². The lowest BCUT2D eigenvalue weighted by Gasteiger charge is -2.07. The normalized spacial score (nSPS) is 7.95. The van der Waals surface area contributed by atoms with Gasteiger partial charge in [0.1, 0.15) is 0 Å². The molecule has 0 unspecified atom stereocenters. The van der Waals surface area contributed by atoms with Crippen molar-refractivity contribution in [3.8, 4) is 0 Å². The van der Waals surface area contributed by atoms with Crippen LogP contribution >= 0.6 is 0 Å². The van der Waals surface area contributed by atoms with Gasteiger partial charge in [0.05, 0.1) is 6.10 Å². The smallest absolute Gasteiger partial charge is 0.0566 e. The molecule has 0 fully saturated rings. The number of methoxy groups -OCH3 is 1. The molecule has 0 rings (SSSR count). The van der Waals surface area contributed by atoms with E-state index in [4.69, 9.17) is 10.5 Å². The van der Waals surface area contributed by atoms with E-state index < -0.39 is 0 Å². The fourth-order valence-electron chi connectivity index (χ4n) is 0.788. The van der Waals surface area contributed by atoms with Gasteiger partial charge in [-0.15, -0.1) is 0 Å². The SMILES string of the molecule is C=C(N)C=NC.CC.CC.CCC.CCC(CC)OC. The van der Waals surface area contributed by atoms with E-state index in [1.54, 1.807) is 14.2 Å². The third kappa shape index (κ3) is 67.3. The molecule has 126 valence electrons. The minimum Gasteiger partial charge on any atom is -0.398 e. The van der Waals surface area contributed by atoms with Crippen LogP contribution in [0.4, 0.5) is 0 Å². The van der Waals surface area contributed by atoms with Gasteiger partial charge in [-0.2, -0.15) is 0 Å². The van der Waals surface area contributed by atoms with Gasteiger partial charge in [0.2, 0.25) is 0 Å². The molecule has 3 heteroatoms. The summed E-state index contributed by atoms with van der Waals surface area (Å²) >= 11 is 0. The van der Waals surface area contributed by atoms with Gasteiger partial charge in [0.15, 0.2) is 0 Å².